The summed E-state index contributed by atoms with van der Waals surface area (Å²) in [5.41, 5.74) is 6.40. The second-order valence-electron chi connectivity index (χ2n) is 6.70. The molecule has 0 aromatic heterocycles. The molecule has 11 heteroatoms. The van der Waals surface area contributed by atoms with Gasteiger partial charge in [-0.3, -0.25) is 9.79 Å². The molecule has 0 unspecified atom stereocenters. The first-order valence-corrected chi connectivity index (χ1v) is 9.48. The molecule has 0 saturated carbocycles. The Bertz CT molecular complexity index is 772. The van der Waals surface area contributed by atoms with Crippen LogP contribution in [0.15, 0.2) is 23.2 Å². The van der Waals surface area contributed by atoms with E-state index in [2.05, 4.69) is 10.3 Å². The minimum absolute atomic E-state index is 0.0617. The minimum Gasteiger partial charge on any atom is -0.479 e. The van der Waals surface area contributed by atoms with Crippen LogP contribution in [0.2, 0.25) is 0 Å². The predicted molar refractivity (Wildman–Crippen MR) is 106 cm³/mol. The van der Waals surface area contributed by atoms with Crippen LogP contribution in [0.25, 0.3) is 0 Å². The number of benzene rings is 1. The zero-order chi connectivity index (χ0) is 22.3. The van der Waals surface area contributed by atoms with Crippen LogP contribution in [0.3, 0.4) is 0 Å². The van der Waals surface area contributed by atoms with Gasteiger partial charge in [0.15, 0.2) is 6.10 Å². The van der Waals surface area contributed by atoms with Crippen molar-refractivity contribution in [2.45, 2.75) is 57.0 Å². The number of nitrogens with zero attached hydrogens (tertiary/aromatic N) is 1. The maximum atomic E-state index is 12.0. The van der Waals surface area contributed by atoms with Gasteiger partial charge in [-0.25, -0.2) is 4.79 Å². The number of carboxylic acids is 1. The number of nitrogens with two attached hydrogens (primary N) is 1. The fourth-order valence-corrected chi connectivity index (χ4v) is 2.79. The summed E-state index contributed by atoms with van der Waals surface area (Å²) < 4.78 is 10.7. The van der Waals surface area contributed by atoms with Crippen molar-refractivity contribution in [1.82, 2.24) is 0 Å². The molecule has 1 aliphatic heterocycles. The van der Waals surface area contributed by atoms with Crippen molar-refractivity contribution in [3.63, 3.8) is 0 Å². The lowest BCUT2D eigenvalue weighted by Crippen LogP contribution is -2.61. The highest BCUT2D eigenvalue weighted by Crippen LogP contribution is 2.31. The van der Waals surface area contributed by atoms with E-state index in [1.165, 1.54) is 6.07 Å². The molecule has 0 aliphatic carbocycles. The molecule has 1 amide bonds. The van der Waals surface area contributed by atoms with Crippen LogP contribution in [0.4, 0.5) is 5.69 Å². The van der Waals surface area contributed by atoms with Gasteiger partial charge in [-0.15, -0.1) is 0 Å². The first-order chi connectivity index (χ1) is 14.3. The highest BCUT2D eigenvalue weighted by molar-refractivity contribution is 5.92. The topological polar surface area (TPSA) is 184 Å². The molecule has 1 fully saturated rings. The molecule has 1 aliphatic rings. The summed E-state index contributed by atoms with van der Waals surface area (Å²) in [7, 11) is 0. The van der Waals surface area contributed by atoms with E-state index in [-0.39, 0.29) is 30.3 Å². The van der Waals surface area contributed by atoms with Gasteiger partial charge in [0.25, 0.3) is 0 Å². The van der Waals surface area contributed by atoms with E-state index >= 15 is 0 Å². The molecule has 0 spiro atoms. The molecule has 166 valence electrons. The average Bonchev–Trinajstić information content (AvgIpc) is 2.70. The molecular weight excluding hydrogens is 398 g/mol. The van der Waals surface area contributed by atoms with Gasteiger partial charge in [-0.05, 0) is 30.3 Å². The van der Waals surface area contributed by atoms with Crippen LogP contribution in [0.1, 0.15) is 25.3 Å². The lowest BCUT2D eigenvalue weighted by Gasteiger charge is -2.38. The minimum atomic E-state index is -1.83. The number of amides is 1. The van der Waals surface area contributed by atoms with Crippen LogP contribution >= 0.6 is 0 Å². The second-order valence-corrected chi connectivity index (χ2v) is 6.70. The second kappa shape index (κ2) is 11.0. The SMILES string of the molecule is CCC=NCc1ccc(O[C@@H]2O[C@H](C(=O)O)[C@@H](O)[C@H](O)[C@H]2O)c(NC(=O)CCN)c1. The van der Waals surface area contributed by atoms with E-state index in [0.29, 0.717) is 6.54 Å². The number of carbonyl (C=O) groups is 2. The Morgan fingerprint density at radius 1 is 1.27 bits per heavy atom. The van der Waals surface area contributed by atoms with Gasteiger partial charge in [0.1, 0.15) is 24.1 Å². The number of ether oxygens (including phenoxy) is 2. The highest BCUT2D eigenvalue weighted by Gasteiger charge is 2.48. The molecule has 1 aromatic rings. The zero-order valence-electron chi connectivity index (χ0n) is 16.5. The number of aliphatic hydroxyl groups is 3. The van der Waals surface area contributed by atoms with Crippen molar-refractivity contribution in [2.75, 3.05) is 11.9 Å². The molecule has 0 bridgehead atoms. The lowest BCUT2D eigenvalue weighted by atomic mass is 9.99. The fraction of sp³-hybridized carbons (Fsp3) is 0.526. The van der Waals surface area contributed by atoms with E-state index < -0.39 is 36.7 Å². The van der Waals surface area contributed by atoms with Crippen molar-refractivity contribution in [1.29, 1.82) is 0 Å². The average molecular weight is 425 g/mol. The highest BCUT2D eigenvalue weighted by atomic mass is 16.7. The van der Waals surface area contributed by atoms with E-state index in [4.69, 9.17) is 20.3 Å². The smallest absolute Gasteiger partial charge is 0.335 e. The molecule has 1 aromatic carbocycles. The third-order valence-electron chi connectivity index (χ3n) is 4.33. The van der Waals surface area contributed by atoms with Crippen molar-refractivity contribution >= 4 is 23.8 Å². The zero-order valence-corrected chi connectivity index (χ0v) is 16.5. The summed E-state index contributed by atoms with van der Waals surface area (Å²) >= 11 is 0. The van der Waals surface area contributed by atoms with Crippen LogP contribution in [0.5, 0.6) is 5.75 Å². The number of aliphatic carboxylic acids is 1. The van der Waals surface area contributed by atoms with Gasteiger partial charge in [0, 0.05) is 13.0 Å². The predicted octanol–water partition coefficient (Wildman–Crippen LogP) is -0.774. The van der Waals surface area contributed by atoms with Crippen LogP contribution in [0, 0.1) is 0 Å². The molecule has 1 saturated heterocycles. The van der Waals surface area contributed by atoms with Crippen molar-refractivity contribution in [2.24, 2.45) is 10.7 Å². The first-order valence-electron chi connectivity index (χ1n) is 9.48. The number of anilines is 1. The van der Waals surface area contributed by atoms with E-state index in [0.717, 1.165) is 12.0 Å². The Balaban J connectivity index is 2.28. The summed E-state index contributed by atoms with van der Waals surface area (Å²) in [6, 6.07) is 4.79. The Hall–Kier alpha value is -2.57. The summed E-state index contributed by atoms with van der Waals surface area (Å²) in [4.78, 5) is 27.5. The van der Waals surface area contributed by atoms with Crippen molar-refractivity contribution in [3.8, 4) is 5.75 Å². The fourth-order valence-electron chi connectivity index (χ4n) is 2.79. The maximum Gasteiger partial charge on any atom is 0.335 e. The van der Waals surface area contributed by atoms with Crippen LogP contribution in [-0.2, 0) is 20.9 Å². The molecule has 1 heterocycles. The molecule has 7 N–H and O–H groups in total. The lowest BCUT2D eigenvalue weighted by molar-refractivity contribution is -0.271. The summed E-state index contributed by atoms with van der Waals surface area (Å²) in [6.45, 7) is 2.45. The molecule has 5 atom stereocenters. The van der Waals surface area contributed by atoms with E-state index in [1.54, 1.807) is 18.3 Å². The molecular formula is C19H27N3O8. The maximum absolute atomic E-state index is 12.0. The van der Waals surface area contributed by atoms with Crippen molar-refractivity contribution in [3.05, 3.63) is 23.8 Å². The van der Waals surface area contributed by atoms with E-state index in [1.807, 2.05) is 6.92 Å². The third-order valence-corrected chi connectivity index (χ3v) is 4.33. The third kappa shape index (κ3) is 5.97. The molecule has 11 nitrogen and oxygen atoms in total. The number of hydrogen-bond acceptors (Lipinski definition) is 9. The number of nitrogens with one attached hydrogen (secondary N) is 1. The number of aliphatic hydroxyl groups excluding tert-OH is 3. The summed E-state index contributed by atoms with van der Waals surface area (Å²) in [5.74, 6) is -1.83. The van der Waals surface area contributed by atoms with E-state index in [9.17, 15) is 24.9 Å². The van der Waals surface area contributed by atoms with Gasteiger partial charge < -0.3 is 41.0 Å². The summed E-state index contributed by atoms with van der Waals surface area (Å²) in [6.07, 6.45) is -6.17. The quantitative estimate of drug-likeness (QED) is 0.276. The number of hydrogen-bond donors (Lipinski definition) is 6. The summed E-state index contributed by atoms with van der Waals surface area (Å²) in [5, 5.41) is 41.7. The van der Waals surface area contributed by atoms with Gasteiger partial charge in [0.05, 0.1) is 12.2 Å². The van der Waals surface area contributed by atoms with Gasteiger partial charge in [0.2, 0.25) is 12.2 Å². The largest absolute Gasteiger partial charge is 0.479 e. The molecule has 0 radical (unpaired) electrons. The normalized spacial score (nSPS) is 26.5. The van der Waals surface area contributed by atoms with Gasteiger partial charge in [-0.2, -0.15) is 0 Å². The number of rotatable bonds is 9. The Labute approximate surface area is 173 Å². The van der Waals surface area contributed by atoms with Crippen LogP contribution < -0.4 is 15.8 Å². The van der Waals surface area contributed by atoms with Crippen LogP contribution in [-0.4, -0.2) is 75.8 Å². The Morgan fingerprint density at radius 2 is 2.00 bits per heavy atom. The molecule has 2 rings (SSSR count). The first kappa shape index (κ1) is 23.7. The van der Waals surface area contributed by atoms with Gasteiger partial charge >= 0.3 is 5.97 Å². The van der Waals surface area contributed by atoms with Crippen molar-refractivity contribution < 1.29 is 39.5 Å². The van der Waals surface area contributed by atoms with Gasteiger partial charge in [-0.1, -0.05) is 13.0 Å². The monoisotopic (exact) mass is 425 g/mol. The standard InChI is InChI=1S/C19H27N3O8/c1-2-7-21-9-10-3-4-12(11(8-10)22-13(23)5-6-20)29-19-16(26)14(24)15(25)17(30-19)18(27)28/h3-4,7-8,14-17,19,24-26H,2,5-6,9,20H2,1H3,(H,22,23)(H,27,28)/t14-,15-,16+,17-,19+/m0/s1. The number of carboxylic acid groups (broad SMARTS) is 1. The molecule has 30 heavy (non-hydrogen) atoms. The number of carbonyl (C=O) groups excluding carboxylic acids is 1. The number of aliphatic imine (C=N–C) groups is 1. The Kier molecular flexibility index (Phi) is 8.69. The Morgan fingerprint density at radius 3 is 2.63 bits per heavy atom.